The molecule has 5 nitrogen and oxygen atoms in total. The molecule has 0 unspecified atom stereocenters. The zero-order valence-corrected chi connectivity index (χ0v) is 11.0. The van der Waals surface area contributed by atoms with E-state index in [0.29, 0.717) is 10.7 Å². The Balaban J connectivity index is 1.94. The Labute approximate surface area is 114 Å². The molecule has 1 fully saturated rings. The average molecular weight is 291 g/mol. The van der Waals surface area contributed by atoms with Crippen LogP contribution in [0.3, 0.4) is 0 Å². The highest BCUT2D eigenvalue weighted by Crippen LogP contribution is 2.31. The van der Waals surface area contributed by atoms with Crippen LogP contribution in [-0.2, 0) is 13.2 Å². The summed E-state index contributed by atoms with van der Waals surface area (Å²) in [7, 11) is 1.15. The summed E-state index contributed by atoms with van der Waals surface area (Å²) < 4.78 is 43.1. The van der Waals surface area contributed by atoms with Gasteiger partial charge in [0.1, 0.15) is 5.69 Å². The van der Waals surface area contributed by atoms with Crippen molar-refractivity contribution >= 4 is 6.09 Å². The lowest BCUT2D eigenvalue weighted by molar-refractivity contribution is -0.143. The van der Waals surface area contributed by atoms with E-state index in [1.807, 2.05) is 0 Å². The molecule has 0 radical (unpaired) electrons. The van der Waals surface area contributed by atoms with Gasteiger partial charge in [-0.3, -0.25) is 4.68 Å². The summed E-state index contributed by atoms with van der Waals surface area (Å²) >= 11 is 0. The first-order valence-corrected chi connectivity index (χ1v) is 6.46. The number of alkyl halides is 3. The molecule has 0 aromatic carbocycles. The topological polar surface area (TPSA) is 56.2 Å². The number of rotatable bonds is 2. The third-order valence-corrected chi connectivity index (χ3v) is 3.27. The van der Waals surface area contributed by atoms with E-state index in [-0.39, 0.29) is 11.9 Å². The predicted octanol–water partition coefficient (Wildman–Crippen LogP) is 2.86. The number of nitrogens with one attached hydrogen (secondary N) is 1. The zero-order valence-electron chi connectivity index (χ0n) is 11.0. The first-order valence-electron chi connectivity index (χ1n) is 6.46. The molecule has 1 heterocycles. The van der Waals surface area contributed by atoms with Crippen molar-refractivity contribution in [1.29, 1.82) is 0 Å². The molecule has 1 amide bonds. The molecule has 1 N–H and O–H groups in total. The maximum absolute atomic E-state index is 12.6. The fraction of sp³-hybridized carbons (Fsp3) is 0.667. The van der Waals surface area contributed by atoms with E-state index in [4.69, 9.17) is 4.74 Å². The van der Waals surface area contributed by atoms with Crippen LogP contribution in [0.5, 0.6) is 5.88 Å². The maximum Gasteiger partial charge on any atom is 0.433 e. The summed E-state index contributed by atoms with van der Waals surface area (Å²) in [5, 5.41) is 6.17. The molecule has 1 saturated carbocycles. The van der Waals surface area contributed by atoms with Crippen LogP contribution in [0.25, 0.3) is 0 Å². The lowest BCUT2D eigenvalue weighted by Gasteiger charge is -2.21. The van der Waals surface area contributed by atoms with Gasteiger partial charge in [0.05, 0.1) is 0 Å². The lowest BCUT2D eigenvalue weighted by Crippen LogP contribution is -2.38. The van der Waals surface area contributed by atoms with Crippen LogP contribution in [-0.4, -0.2) is 21.9 Å². The number of ether oxygens (including phenoxy) is 1. The molecule has 0 aliphatic heterocycles. The number of nitrogens with zero attached hydrogens (tertiary/aromatic N) is 2. The number of carbonyl (C=O) groups excluding carboxylic acids is 1. The van der Waals surface area contributed by atoms with Gasteiger partial charge in [0.2, 0.25) is 5.88 Å². The molecule has 0 atom stereocenters. The molecule has 0 spiro atoms. The number of halogens is 3. The van der Waals surface area contributed by atoms with Gasteiger partial charge < -0.3 is 10.1 Å². The molecule has 1 aromatic heterocycles. The van der Waals surface area contributed by atoms with E-state index in [9.17, 15) is 18.0 Å². The van der Waals surface area contributed by atoms with Crippen LogP contribution in [0.1, 0.15) is 37.8 Å². The van der Waals surface area contributed by atoms with Gasteiger partial charge in [0.25, 0.3) is 0 Å². The van der Waals surface area contributed by atoms with Crippen molar-refractivity contribution in [2.24, 2.45) is 7.05 Å². The van der Waals surface area contributed by atoms with E-state index in [1.165, 1.54) is 0 Å². The fourth-order valence-corrected chi connectivity index (χ4v) is 2.29. The number of hydrogen-bond acceptors (Lipinski definition) is 3. The normalized spacial score (nSPS) is 17.0. The summed E-state index contributed by atoms with van der Waals surface area (Å²) in [4.78, 5) is 11.6. The summed E-state index contributed by atoms with van der Waals surface area (Å²) in [5.41, 5.74) is -0.960. The van der Waals surface area contributed by atoms with Crippen molar-refractivity contribution in [3.8, 4) is 5.88 Å². The second-order valence-corrected chi connectivity index (χ2v) is 4.86. The van der Waals surface area contributed by atoms with Gasteiger partial charge in [0, 0.05) is 19.2 Å². The molecule has 112 valence electrons. The predicted molar refractivity (Wildman–Crippen MR) is 64.2 cm³/mol. The average Bonchev–Trinajstić information content (AvgIpc) is 2.71. The van der Waals surface area contributed by atoms with Crippen molar-refractivity contribution < 1.29 is 22.7 Å². The Bertz CT molecular complexity index is 479. The monoisotopic (exact) mass is 291 g/mol. The Hall–Kier alpha value is -1.73. The second kappa shape index (κ2) is 5.72. The Morgan fingerprint density at radius 3 is 2.60 bits per heavy atom. The summed E-state index contributed by atoms with van der Waals surface area (Å²) in [6.07, 6.45) is -0.342. The van der Waals surface area contributed by atoms with Crippen LogP contribution < -0.4 is 10.1 Å². The Morgan fingerprint density at radius 2 is 2.05 bits per heavy atom. The number of amides is 1. The molecule has 2 rings (SSSR count). The van der Waals surface area contributed by atoms with E-state index < -0.39 is 18.0 Å². The minimum absolute atomic E-state index is 0.0297. The van der Waals surface area contributed by atoms with E-state index in [2.05, 4.69) is 10.4 Å². The van der Waals surface area contributed by atoms with Gasteiger partial charge in [-0.25, -0.2) is 4.79 Å². The van der Waals surface area contributed by atoms with Crippen molar-refractivity contribution in [3.63, 3.8) is 0 Å². The van der Waals surface area contributed by atoms with Gasteiger partial charge in [-0.05, 0) is 12.8 Å². The highest BCUT2D eigenvalue weighted by molar-refractivity contribution is 5.70. The van der Waals surface area contributed by atoms with E-state index in [0.717, 1.165) is 39.2 Å². The van der Waals surface area contributed by atoms with Crippen LogP contribution in [0.15, 0.2) is 6.07 Å². The van der Waals surface area contributed by atoms with E-state index in [1.54, 1.807) is 0 Å². The van der Waals surface area contributed by atoms with Crippen LogP contribution in [0.2, 0.25) is 0 Å². The summed E-state index contributed by atoms with van der Waals surface area (Å²) in [5.74, 6) is -0.354. The Kier molecular flexibility index (Phi) is 4.20. The molecule has 0 bridgehead atoms. The van der Waals surface area contributed by atoms with E-state index >= 15 is 0 Å². The highest BCUT2D eigenvalue weighted by Gasteiger charge is 2.35. The molecule has 0 saturated heterocycles. The second-order valence-electron chi connectivity index (χ2n) is 4.86. The maximum atomic E-state index is 12.6. The van der Waals surface area contributed by atoms with Crippen LogP contribution >= 0.6 is 0 Å². The minimum Gasteiger partial charge on any atom is -0.390 e. The summed E-state index contributed by atoms with van der Waals surface area (Å²) in [6.45, 7) is 0. The quantitative estimate of drug-likeness (QED) is 0.911. The van der Waals surface area contributed by atoms with Gasteiger partial charge in [-0.2, -0.15) is 13.2 Å². The molecule has 20 heavy (non-hydrogen) atoms. The minimum atomic E-state index is -4.52. The molecule has 1 aromatic rings. The van der Waals surface area contributed by atoms with Gasteiger partial charge >= 0.3 is 12.3 Å². The standard InChI is InChI=1S/C12H16F3N3O2/c1-18-9(12(13,14)15)7-10(17-18)20-11(19)16-8-5-3-2-4-6-8/h7-8H,2-6H2,1H3,(H,16,19). The molecule has 1 aliphatic carbocycles. The summed E-state index contributed by atoms with van der Waals surface area (Å²) in [6, 6.07) is 0.738. The van der Waals surface area contributed by atoms with Crippen LogP contribution in [0.4, 0.5) is 18.0 Å². The number of aromatic nitrogens is 2. The van der Waals surface area contributed by atoms with Crippen molar-refractivity contribution in [2.45, 2.75) is 44.3 Å². The van der Waals surface area contributed by atoms with Crippen molar-refractivity contribution in [1.82, 2.24) is 15.1 Å². The van der Waals surface area contributed by atoms with Crippen molar-refractivity contribution in [3.05, 3.63) is 11.8 Å². The SMILES string of the molecule is Cn1nc(OC(=O)NC2CCCCC2)cc1C(F)(F)F. The van der Waals surface area contributed by atoms with Crippen molar-refractivity contribution in [2.75, 3.05) is 0 Å². The third-order valence-electron chi connectivity index (χ3n) is 3.27. The molecule has 1 aliphatic rings. The largest absolute Gasteiger partial charge is 0.433 e. The number of hydrogen-bond donors (Lipinski definition) is 1. The number of aryl methyl sites for hydroxylation is 1. The molecule has 8 heteroatoms. The smallest absolute Gasteiger partial charge is 0.390 e. The zero-order chi connectivity index (χ0) is 14.8. The third kappa shape index (κ3) is 3.64. The molecular formula is C12H16F3N3O2. The lowest BCUT2D eigenvalue weighted by atomic mass is 9.96. The van der Waals surface area contributed by atoms with Gasteiger partial charge in [-0.1, -0.05) is 19.3 Å². The van der Waals surface area contributed by atoms with Gasteiger partial charge in [-0.15, -0.1) is 5.10 Å². The highest BCUT2D eigenvalue weighted by atomic mass is 19.4. The molecular weight excluding hydrogens is 275 g/mol. The van der Waals surface area contributed by atoms with Gasteiger partial charge in [0.15, 0.2) is 0 Å². The fourth-order valence-electron chi connectivity index (χ4n) is 2.29. The first-order chi connectivity index (χ1) is 9.36. The first kappa shape index (κ1) is 14.7. The van der Waals surface area contributed by atoms with Crippen LogP contribution in [0, 0.1) is 0 Å². The number of carbonyl (C=O) groups is 1. The Morgan fingerprint density at radius 1 is 1.40 bits per heavy atom.